The van der Waals surface area contributed by atoms with Crippen LogP contribution in [0.3, 0.4) is 0 Å². The number of aryl methyl sites for hydroxylation is 2. The molecule has 0 aliphatic heterocycles. The van der Waals surface area contributed by atoms with Crippen LogP contribution in [0.25, 0.3) is 0 Å². The summed E-state index contributed by atoms with van der Waals surface area (Å²) in [6, 6.07) is 6.18. The minimum absolute atomic E-state index is 0.344. The molecule has 1 aromatic carbocycles. The van der Waals surface area contributed by atoms with Crippen LogP contribution in [0.15, 0.2) is 18.2 Å². The molecule has 1 aromatic rings. The minimum Gasteiger partial charge on any atom is -0.481 e. The van der Waals surface area contributed by atoms with Crippen LogP contribution in [0.1, 0.15) is 55.2 Å². The Morgan fingerprint density at radius 2 is 1.74 bits per heavy atom. The van der Waals surface area contributed by atoms with E-state index in [0.29, 0.717) is 5.41 Å². The van der Waals surface area contributed by atoms with E-state index in [0.717, 1.165) is 18.4 Å². The third-order valence-corrected chi connectivity index (χ3v) is 5.49. The second-order valence-corrected chi connectivity index (χ2v) is 6.75. The van der Waals surface area contributed by atoms with Crippen LogP contribution in [0.4, 0.5) is 0 Å². The first kappa shape index (κ1) is 12.7. The lowest BCUT2D eigenvalue weighted by molar-refractivity contribution is -0.154. The summed E-state index contributed by atoms with van der Waals surface area (Å²) in [7, 11) is 0. The van der Waals surface area contributed by atoms with Gasteiger partial charge in [0.15, 0.2) is 0 Å². The second kappa shape index (κ2) is 4.09. The first-order valence-corrected chi connectivity index (χ1v) is 7.29. The fourth-order valence-corrected chi connectivity index (χ4v) is 4.23. The monoisotopic (exact) mass is 258 g/mol. The molecule has 102 valence electrons. The lowest BCUT2D eigenvalue weighted by atomic mass is 9.49. The van der Waals surface area contributed by atoms with E-state index in [1.807, 2.05) is 6.07 Å². The summed E-state index contributed by atoms with van der Waals surface area (Å²) in [6.07, 6.45) is 6.71. The molecule has 2 saturated carbocycles. The van der Waals surface area contributed by atoms with Crippen molar-refractivity contribution in [3.8, 4) is 0 Å². The summed E-state index contributed by atoms with van der Waals surface area (Å²) in [5.74, 6) is -0.631. The van der Waals surface area contributed by atoms with Crippen LogP contribution in [-0.2, 0) is 10.2 Å². The first-order valence-electron chi connectivity index (χ1n) is 7.29. The van der Waals surface area contributed by atoms with Gasteiger partial charge in [-0.1, -0.05) is 31.0 Å². The van der Waals surface area contributed by atoms with Crippen molar-refractivity contribution in [3.05, 3.63) is 34.9 Å². The molecule has 0 saturated heterocycles. The number of rotatable bonds is 2. The molecule has 3 rings (SSSR count). The fraction of sp³-hybridized carbons (Fsp3) is 0.588. The van der Waals surface area contributed by atoms with Crippen LogP contribution in [-0.4, -0.2) is 11.1 Å². The van der Waals surface area contributed by atoms with E-state index in [2.05, 4.69) is 26.0 Å². The van der Waals surface area contributed by atoms with Crippen molar-refractivity contribution >= 4 is 5.97 Å². The summed E-state index contributed by atoms with van der Waals surface area (Å²) in [6.45, 7) is 4.14. The predicted molar refractivity (Wildman–Crippen MR) is 75.4 cm³/mol. The van der Waals surface area contributed by atoms with Gasteiger partial charge in [0, 0.05) is 0 Å². The molecule has 0 bridgehead atoms. The van der Waals surface area contributed by atoms with Crippen LogP contribution in [0, 0.1) is 19.3 Å². The van der Waals surface area contributed by atoms with Crippen molar-refractivity contribution < 1.29 is 9.90 Å². The molecular weight excluding hydrogens is 236 g/mol. The molecule has 2 aliphatic rings. The van der Waals surface area contributed by atoms with Crippen molar-refractivity contribution in [1.29, 1.82) is 0 Å². The zero-order valence-corrected chi connectivity index (χ0v) is 11.8. The molecule has 2 nitrogen and oxygen atoms in total. The number of benzene rings is 1. The van der Waals surface area contributed by atoms with Gasteiger partial charge in [-0.25, -0.2) is 0 Å². The van der Waals surface area contributed by atoms with E-state index < -0.39 is 11.4 Å². The largest absolute Gasteiger partial charge is 0.481 e. The van der Waals surface area contributed by atoms with Gasteiger partial charge in [-0.15, -0.1) is 0 Å². The van der Waals surface area contributed by atoms with Gasteiger partial charge in [0.1, 0.15) is 0 Å². The maximum atomic E-state index is 11.8. The van der Waals surface area contributed by atoms with Gasteiger partial charge in [-0.05, 0) is 61.6 Å². The number of hydrogen-bond donors (Lipinski definition) is 1. The Morgan fingerprint density at radius 3 is 2.26 bits per heavy atom. The zero-order valence-electron chi connectivity index (χ0n) is 11.8. The lowest BCUT2D eigenvalue weighted by Gasteiger charge is -2.53. The van der Waals surface area contributed by atoms with Crippen LogP contribution >= 0.6 is 0 Å². The van der Waals surface area contributed by atoms with E-state index in [1.54, 1.807) is 0 Å². The summed E-state index contributed by atoms with van der Waals surface area (Å²) >= 11 is 0. The quantitative estimate of drug-likeness (QED) is 0.871. The average molecular weight is 258 g/mol. The molecule has 1 spiro atoms. The maximum Gasteiger partial charge on any atom is 0.314 e. The normalized spacial score (nSPS) is 23.3. The minimum atomic E-state index is -0.631. The van der Waals surface area contributed by atoms with Crippen LogP contribution in [0.5, 0.6) is 0 Å². The fourth-order valence-electron chi connectivity index (χ4n) is 4.23. The second-order valence-electron chi connectivity index (χ2n) is 6.75. The van der Waals surface area contributed by atoms with Gasteiger partial charge in [0.25, 0.3) is 0 Å². The Kier molecular flexibility index (Phi) is 2.74. The number of carboxylic acid groups (broad SMARTS) is 1. The Balaban J connectivity index is 1.94. The van der Waals surface area contributed by atoms with E-state index in [1.165, 1.54) is 36.8 Å². The van der Waals surface area contributed by atoms with Gasteiger partial charge in [0.2, 0.25) is 0 Å². The Morgan fingerprint density at radius 1 is 1.11 bits per heavy atom. The molecule has 1 N–H and O–H groups in total. The van der Waals surface area contributed by atoms with Crippen molar-refractivity contribution in [2.24, 2.45) is 5.41 Å². The highest BCUT2D eigenvalue weighted by Crippen LogP contribution is 2.63. The van der Waals surface area contributed by atoms with Gasteiger partial charge in [-0.2, -0.15) is 0 Å². The van der Waals surface area contributed by atoms with Gasteiger partial charge in [-0.3, -0.25) is 4.79 Å². The molecule has 19 heavy (non-hydrogen) atoms. The molecule has 2 heteroatoms. The standard InChI is InChI=1S/C17H22O2/c1-12-5-6-14(9-13(12)2)17(15(18)19)10-16(11-17)7-3-4-8-16/h5-6,9H,3-4,7-8,10-11H2,1-2H3,(H,18,19). The first-order chi connectivity index (χ1) is 8.97. The number of carboxylic acids is 1. The molecule has 0 amide bonds. The van der Waals surface area contributed by atoms with Gasteiger partial charge >= 0.3 is 5.97 Å². The Hall–Kier alpha value is -1.31. The summed E-state index contributed by atoms with van der Waals surface area (Å²) in [5.41, 5.74) is 3.19. The summed E-state index contributed by atoms with van der Waals surface area (Å²) < 4.78 is 0. The van der Waals surface area contributed by atoms with Crippen molar-refractivity contribution in [2.45, 2.75) is 57.8 Å². The maximum absolute atomic E-state index is 11.8. The van der Waals surface area contributed by atoms with E-state index in [4.69, 9.17) is 0 Å². The zero-order chi connectivity index (χ0) is 13.7. The van der Waals surface area contributed by atoms with Crippen LogP contribution < -0.4 is 0 Å². The van der Waals surface area contributed by atoms with E-state index >= 15 is 0 Å². The summed E-state index contributed by atoms with van der Waals surface area (Å²) in [5, 5.41) is 9.74. The predicted octanol–water partition coefficient (Wildman–Crippen LogP) is 3.98. The van der Waals surface area contributed by atoms with Crippen LogP contribution in [0.2, 0.25) is 0 Å². The number of aliphatic carboxylic acids is 1. The number of hydrogen-bond acceptors (Lipinski definition) is 1. The van der Waals surface area contributed by atoms with E-state index in [9.17, 15) is 9.90 Å². The summed E-state index contributed by atoms with van der Waals surface area (Å²) in [4.78, 5) is 11.8. The molecule has 0 radical (unpaired) electrons. The highest BCUT2D eigenvalue weighted by atomic mass is 16.4. The Labute approximate surface area is 114 Å². The average Bonchev–Trinajstić information content (AvgIpc) is 2.79. The van der Waals surface area contributed by atoms with Gasteiger partial charge < -0.3 is 5.11 Å². The smallest absolute Gasteiger partial charge is 0.314 e. The lowest BCUT2D eigenvalue weighted by Crippen LogP contribution is -2.53. The molecule has 2 fully saturated rings. The topological polar surface area (TPSA) is 37.3 Å². The molecule has 0 heterocycles. The molecule has 0 aromatic heterocycles. The Bertz CT molecular complexity index is 516. The highest BCUT2D eigenvalue weighted by Gasteiger charge is 2.60. The molecule has 0 unspecified atom stereocenters. The molecule has 0 atom stereocenters. The van der Waals surface area contributed by atoms with Gasteiger partial charge in [0.05, 0.1) is 5.41 Å². The highest BCUT2D eigenvalue weighted by molar-refractivity contribution is 5.83. The molecular formula is C17H22O2. The van der Waals surface area contributed by atoms with E-state index in [-0.39, 0.29) is 0 Å². The third-order valence-electron chi connectivity index (χ3n) is 5.49. The number of carbonyl (C=O) groups is 1. The van der Waals surface area contributed by atoms with Crippen molar-refractivity contribution in [2.75, 3.05) is 0 Å². The third kappa shape index (κ3) is 1.80. The van der Waals surface area contributed by atoms with Crippen molar-refractivity contribution in [3.63, 3.8) is 0 Å². The molecule has 2 aliphatic carbocycles. The van der Waals surface area contributed by atoms with Crippen molar-refractivity contribution in [1.82, 2.24) is 0 Å². The SMILES string of the molecule is Cc1ccc(C2(C(=O)O)CC3(CCCC3)C2)cc1C.